The van der Waals surface area contributed by atoms with Gasteiger partial charge in [-0.2, -0.15) is 0 Å². The fourth-order valence-corrected chi connectivity index (χ4v) is 1.15. The summed E-state index contributed by atoms with van der Waals surface area (Å²) in [6.07, 6.45) is 0. The number of anilines is 1. The summed E-state index contributed by atoms with van der Waals surface area (Å²) in [6.45, 7) is 3.69. The molecule has 76 valence electrons. The van der Waals surface area contributed by atoms with Crippen LogP contribution in [0.1, 0.15) is 11.1 Å². The van der Waals surface area contributed by atoms with Gasteiger partial charge in [-0.3, -0.25) is 4.79 Å². The number of carbonyl (C=O) groups excluding carboxylic acids is 1. The van der Waals surface area contributed by atoms with Crippen molar-refractivity contribution >= 4 is 11.6 Å². The van der Waals surface area contributed by atoms with Crippen LogP contribution < -0.4 is 16.2 Å². The smallest absolute Gasteiger partial charge is 0.255 e. The van der Waals surface area contributed by atoms with Gasteiger partial charge in [0.1, 0.15) is 5.75 Å². The average Bonchev–Trinajstić information content (AvgIpc) is 2.09. The third-order valence-corrected chi connectivity index (χ3v) is 1.93. The Balaban J connectivity index is 2.87. The van der Waals surface area contributed by atoms with Crippen molar-refractivity contribution in [1.29, 1.82) is 0 Å². The minimum absolute atomic E-state index is 0.122. The number of primary amides is 1. The van der Waals surface area contributed by atoms with E-state index in [1.54, 1.807) is 6.07 Å². The minimum atomic E-state index is -0.497. The molecule has 0 aliphatic rings. The van der Waals surface area contributed by atoms with Gasteiger partial charge < -0.3 is 16.2 Å². The molecule has 1 amide bonds. The lowest BCUT2D eigenvalue weighted by Crippen LogP contribution is -2.20. The van der Waals surface area contributed by atoms with Crippen LogP contribution in [0.3, 0.4) is 0 Å². The van der Waals surface area contributed by atoms with E-state index in [4.69, 9.17) is 16.2 Å². The van der Waals surface area contributed by atoms with Crippen molar-refractivity contribution in [3.8, 4) is 5.75 Å². The maximum atomic E-state index is 10.5. The Labute approximate surface area is 82.8 Å². The van der Waals surface area contributed by atoms with Gasteiger partial charge in [0.05, 0.1) is 0 Å². The predicted molar refractivity (Wildman–Crippen MR) is 55.0 cm³/mol. The van der Waals surface area contributed by atoms with E-state index >= 15 is 0 Å². The maximum Gasteiger partial charge on any atom is 0.255 e. The van der Waals surface area contributed by atoms with Gasteiger partial charge >= 0.3 is 0 Å². The molecule has 4 N–H and O–H groups in total. The molecule has 0 spiro atoms. The van der Waals surface area contributed by atoms with Gasteiger partial charge in [0.15, 0.2) is 6.61 Å². The summed E-state index contributed by atoms with van der Waals surface area (Å²) in [6, 6.07) is 3.61. The fourth-order valence-electron chi connectivity index (χ4n) is 1.15. The van der Waals surface area contributed by atoms with Crippen LogP contribution >= 0.6 is 0 Å². The molecule has 0 aliphatic carbocycles. The molecule has 0 unspecified atom stereocenters. The number of ether oxygens (including phenoxy) is 1. The van der Waals surface area contributed by atoms with Crippen LogP contribution in [-0.4, -0.2) is 12.5 Å². The highest BCUT2D eigenvalue weighted by atomic mass is 16.5. The first kappa shape index (κ1) is 10.4. The van der Waals surface area contributed by atoms with Crippen molar-refractivity contribution in [2.45, 2.75) is 13.8 Å². The van der Waals surface area contributed by atoms with Crippen molar-refractivity contribution in [3.05, 3.63) is 23.3 Å². The fraction of sp³-hybridized carbons (Fsp3) is 0.300. The van der Waals surface area contributed by atoms with E-state index in [2.05, 4.69) is 0 Å². The van der Waals surface area contributed by atoms with E-state index in [1.165, 1.54) is 0 Å². The third-order valence-electron chi connectivity index (χ3n) is 1.93. The summed E-state index contributed by atoms with van der Waals surface area (Å²) in [5, 5.41) is 0. The number of hydrogen-bond acceptors (Lipinski definition) is 3. The van der Waals surface area contributed by atoms with Crippen LogP contribution in [-0.2, 0) is 4.79 Å². The molecule has 0 fully saturated rings. The maximum absolute atomic E-state index is 10.5. The van der Waals surface area contributed by atoms with Gasteiger partial charge in [-0.15, -0.1) is 0 Å². The molecule has 1 aromatic rings. The molecule has 4 nitrogen and oxygen atoms in total. The Morgan fingerprint density at radius 2 is 2.00 bits per heavy atom. The van der Waals surface area contributed by atoms with Crippen molar-refractivity contribution in [3.63, 3.8) is 0 Å². The molecule has 0 aromatic heterocycles. The molecule has 14 heavy (non-hydrogen) atoms. The third kappa shape index (κ3) is 2.39. The number of amides is 1. The van der Waals surface area contributed by atoms with Crippen LogP contribution in [0.5, 0.6) is 5.75 Å². The Bertz CT molecular complexity index is 361. The first-order chi connectivity index (χ1) is 6.50. The molecular weight excluding hydrogens is 180 g/mol. The number of nitrogens with two attached hydrogens (primary N) is 2. The summed E-state index contributed by atoms with van der Waals surface area (Å²) in [4.78, 5) is 10.5. The van der Waals surface area contributed by atoms with E-state index in [0.29, 0.717) is 11.4 Å². The summed E-state index contributed by atoms with van der Waals surface area (Å²) in [5.74, 6) is 0.107. The van der Waals surface area contributed by atoms with Gasteiger partial charge in [0, 0.05) is 11.8 Å². The SMILES string of the molecule is Cc1cc(C)c(OCC(N)=O)cc1N. The van der Waals surface area contributed by atoms with Gasteiger partial charge in [-0.05, 0) is 25.0 Å². The normalized spacial score (nSPS) is 9.86. The van der Waals surface area contributed by atoms with Crippen LogP contribution in [0.15, 0.2) is 12.1 Å². The number of aryl methyl sites for hydroxylation is 2. The van der Waals surface area contributed by atoms with E-state index in [9.17, 15) is 4.79 Å². The van der Waals surface area contributed by atoms with Crippen LogP contribution in [0.2, 0.25) is 0 Å². The largest absolute Gasteiger partial charge is 0.483 e. The monoisotopic (exact) mass is 194 g/mol. The zero-order valence-corrected chi connectivity index (χ0v) is 8.33. The zero-order chi connectivity index (χ0) is 10.7. The zero-order valence-electron chi connectivity index (χ0n) is 8.33. The topological polar surface area (TPSA) is 78.3 Å². The predicted octanol–water partition coefficient (Wildman–Crippen LogP) is 0.750. The first-order valence-electron chi connectivity index (χ1n) is 4.28. The Morgan fingerprint density at radius 3 is 2.57 bits per heavy atom. The lowest BCUT2D eigenvalue weighted by atomic mass is 10.1. The van der Waals surface area contributed by atoms with E-state index < -0.39 is 5.91 Å². The molecule has 0 bridgehead atoms. The van der Waals surface area contributed by atoms with Crippen LogP contribution in [0.25, 0.3) is 0 Å². The minimum Gasteiger partial charge on any atom is -0.483 e. The molecule has 0 saturated heterocycles. The van der Waals surface area contributed by atoms with Crippen LogP contribution in [0, 0.1) is 13.8 Å². The molecule has 0 heterocycles. The number of nitrogen functional groups attached to an aromatic ring is 1. The van der Waals surface area contributed by atoms with Gasteiger partial charge in [0.25, 0.3) is 5.91 Å². The Morgan fingerprint density at radius 1 is 1.36 bits per heavy atom. The van der Waals surface area contributed by atoms with E-state index in [0.717, 1.165) is 11.1 Å². The van der Waals surface area contributed by atoms with Crippen molar-refractivity contribution < 1.29 is 9.53 Å². The summed E-state index contributed by atoms with van der Waals surface area (Å²) >= 11 is 0. The summed E-state index contributed by atoms with van der Waals surface area (Å²) < 4.78 is 5.18. The first-order valence-corrected chi connectivity index (χ1v) is 4.28. The lowest BCUT2D eigenvalue weighted by molar-refractivity contribution is -0.119. The molecule has 1 rings (SSSR count). The number of rotatable bonds is 3. The van der Waals surface area contributed by atoms with E-state index in [-0.39, 0.29) is 6.61 Å². The summed E-state index contributed by atoms with van der Waals surface area (Å²) in [7, 11) is 0. The highest BCUT2D eigenvalue weighted by molar-refractivity contribution is 5.75. The highest BCUT2D eigenvalue weighted by Gasteiger charge is 2.04. The Hall–Kier alpha value is -1.71. The van der Waals surface area contributed by atoms with Crippen molar-refractivity contribution in [2.24, 2.45) is 5.73 Å². The molecule has 1 aromatic carbocycles. The van der Waals surface area contributed by atoms with Crippen LogP contribution in [0.4, 0.5) is 5.69 Å². The van der Waals surface area contributed by atoms with Gasteiger partial charge in [-0.1, -0.05) is 6.07 Å². The number of carbonyl (C=O) groups is 1. The standard InChI is InChI=1S/C10H14N2O2/c1-6-3-7(2)9(4-8(6)11)14-5-10(12)13/h3-4H,5,11H2,1-2H3,(H2,12,13). The Kier molecular flexibility index (Phi) is 2.96. The lowest BCUT2D eigenvalue weighted by Gasteiger charge is -2.09. The molecule has 0 atom stereocenters. The molecule has 0 radical (unpaired) electrons. The second-order valence-corrected chi connectivity index (χ2v) is 3.23. The highest BCUT2D eigenvalue weighted by Crippen LogP contribution is 2.24. The molecular formula is C10H14N2O2. The second-order valence-electron chi connectivity index (χ2n) is 3.23. The second kappa shape index (κ2) is 4.00. The summed E-state index contributed by atoms with van der Waals surface area (Å²) in [5.41, 5.74) is 13.2. The van der Waals surface area contributed by atoms with Gasteiger partial charge in [-0.25, -0.2) is 0 Å². The number of hydrogen-bond donors (Lipinski definition) is 2. The number of benzene rings is 1. The molecule has 4 heteroatoms. The van der Waals surface area contributed by atoms with E-state index in [1.807, 2.05) is 19.9 Å². The average molecular weight is 194 g/mol. The molecule has 0 aliphatic heterocycles. The van der Waals surface area contributed by atoms with Gasteiger partial charge in [0.2, 0.25) is 0 Å². The molecule has 0 saturated carbocycles. The quantitative estimate of drug-likeness (QED) is 0.697. The van der Waals surface area contributed by atoms with Crippen molar-refractivity contribution in [2.75, 3.05) is 12.3 Å². The van der Waals surface area contributed by atoms with Crippen molar-refractivity contribution in [1.82, 2.24) is 0 Å².